The zero-order valence-electron chi connectivity index (χ0n) is 32.8. The summed E-state index contributed by atoms with van der Waals surface area (Å²) in [6, 6.07) is 40.9. The molecule has 2 aliphatic carbocycles. The fraction of sp³-hybridized carbons (Fsp3) is 0.280. The molecule has 3 aliphatic rings. The van der Waals surface area contributed by atoms with E-state index in [1.807, 2.05) is 24.3 Å². The lowest BCUT2D eigenvalue weighted by molar-refractivity contribution is 0.0642. The van der Waals surface area contributed by atoms with Gasteiger partial charge >= 0.3 is 0 Å². The molecule has 0 bridgehead atoms. The summed E-state index contributed by atoms with van der Waals surface area (Å²) >= 11 is 1.74. The standard InChI is InChI=1S/C50H48O4S/c1-47(2)29-48(3,4)31-49(30-47)41-16-12-11-15-37(41)44-39-28-43(55-36-13-9-8-10-14-36)42(53-7)27-40(39)46-38(45(44)49)25-26-50(54-46,32-17-21-34(51-5)22-18-32)33-19-23-35(52-6)24-20-33/h8-28H,29-31H2,1-7H3. The van der Waals surface area contributed by atoms with Crippen LogP contribution in [-0.4, -0.2) is 21.3 Å². The fourth-order valence-electron chi connectivity index (χ4n) is 10.7. The number of benzene rings is 6. The van der Waals surface area contributed by atoms with Gasteiger partial charge in [-0.15, -0.1) is 0 Å². The molecule has 278 valence electrons. The second-order valence-corrected chi connectivity index (χ2v) is 18.2. The second-order valence-electron chi connectivity index (χ2n) is 17.1. The molecule has 55 heavy (non-hydrogen) atoms. The lowest BCUT2D eigenvalue weighted by Gasteiger charge is -2.52. The average Bonchev–Trinajstić information content (AvgIpc) is 3.45. The molecule has 0 atom stereocenters. The van der Waals surface area contributed by atoms with E-state index in [-0.39, 0.29) is 16.2 Å². The first-order valence-corrected chi connectivity index (χ1v) is 20.0. The third-order valence-corrected chi connectivity index (χ3v) is 13.1. The Morgan fingerprint density at radius 2 is 1.22 bits per heavy atom. The van der Waals surface area contributed by atoms with Crippen LogP contribution in [0.5, 0.6) is 23.0 Å². The highest BCUT2D eigenvalue weighted by Gasteiger charge is 2.55. The topological polar surface area (TPSA) is 36.9 Å². The van der Waals surface area contributed by atoms with Crippen LogP contribution >= 0.6 is 11.8 Å². The normalized spacial score (nSPS) is 17.9. The third kappa shape index (κ3) is 5.73. The molecule has 0 aromatic heterocycles. The van der Waals surface area contributed by atoms with Crippen LogP contribution in [-0.2, 0) is 11.0 Å². The number of hydrogen-bond donors (Lipinski definition) is 0. The van der Waals surface area contributed by atoms with Crippen molar-refractivity contribution in [3.8, 4) is 34.1 Å². The summed E-state index contributed by atoms with van der Waals surface area (Å²) in [6.45, 7) is 9.86. The summed E-state index contributed by atoms with van der Waals surface area (Å²) in [7, 11) is 5.17. The minimum atomic E-state index is -0.929. The molecule has 1 aliphatic heterocycles. The fourth-order valence-corrected chi connectivity index (χ4v) is 11.6. The molecule has 5 heteroatoms. The molecule has 6 aromatic rings. The molecule has 6 aromatic carbocycles. The molecule has 0 amide bonds. The van der Waals surface area contributed by atoms with Gasteiger partial charge in [-0.25, -0.2) is 0 Å². The van der Waals surface area contributed by atoms with Crippen LogP contribution in [0.2, 0.25) is 0 Å². The van der Waals surface area contributed by atoms with Crippen LogP contribution < -0.4 is 18.9 Å². The summed E-state index contributed by atoms with van der Waals surface area (Å²) in [6.07, 6.45) is 7.94. The van der Waals surface area contributed by atoms with Crippen LogP contribution in [0.25, 0.3) is 28.0 Å². The van der Waals surface area contributed by atoms with Gasteiger partial charge in [0.05, 0.1) is 26.2 Å². The smallest absolute Gasteiger partial charge is 0.178 e. The molecule has 0 saturated heterocycles. The van der Waals surface area contributed by atoms with Gasteiger partial charge in [0, 0.05) is 32.4 Å². The van der Waals surface area contributed by atoms with E-state index in [1.54, 1.807) is 33.1 Å². The molecule has 0 N–H and O–H groups in total. The van der Waals surface area contributed by atoms with Crippen LogP contribution in [0.3, 0.4) is 0 Å². The number of methoxy groups -OCH3 is 3. The Balaban J connectivity index is 1.38. The third-order valence-electron chi connectivity index (χ3n) is 12.0. The van der Waals surface area contributed by atoms with Crippen LogP contribution in [0.1, 0.15) is 74.8 Å². The molecule has 0 unspecified atom stereocenters. The monoisotopic (exact) mass is 744 g/mol. The largest absolute Gasteiger partial charge is 0.497 e. The minimum absolute atomic E-state index is 0.127. The Bertz CT molecular complexity index is 2400. The number of fused-ring (bicyclic) bond motifs is 10. The minimum Gasteiger partial charge on any atom is -0.497 e. The Morgan fingerprint density at radius 3 is 1.82 bits per heavy atom. The quantitative estimate of drug-likeness (QED) is 0.163. The van der Waals surface area contributed by atoms with Gasteiger partial charge in [-0.1, -0.05) is 112 Å². The van der Waals surface area contributed by atoms with Crippen molar-refractivity contribution in [1.82, 2.24) is 0 Å². The van der Waals surface area contributed by atoms with E-state index >= 15 is 0 Å². The lowest BCUT2D eigenvalue weighted by atomic mass is 9.52. The molecule has 4 nitrogen and oxygen atoms in total. The van der Waals surface area contributed by atoms with E-state index in [1.165, 1.54) is 39.0 Å². The highest BCUT2D eigenvalue weighted by molar-refractivity contribution is 7.99. The molecule has 1 saturated carbocycles. The highest BCUT2D eigenvalue weighted by atomic mass is 32.2. The maximum absolute atomic E-state index is 7.74. The first-order chi connectivity index (χ1) is 26.5. The van der Waals surface area contributed by atoms with Crippen LogP contribution in [0.15, 0.2) is 131 Å². The molecule has 0 radical (unpaired) electrons. The van der Waals surface area contributed by atoms with E-state index in [4.69, 9.17) is 18.9 Å². The predicted molar refractivity (Wildman–Crippen MR) is 225 cm³/mol. The zero-order valence-corrected chi connectivity index (χ0v) is 33.6. The van der Waals surface area contributed by atoms with Gasteiger partial charge < -0.3 is 18.9 Å². The van der Waals surface area contributed by atoms with Gasteiger partial charge in [0.15, 0.2) is 5.60 Å². The highest BCUT2D eigenvalue weighted by Crippen LogP contribution is 2.67. The van der Waals surface area contributed by atoms with Crippen molar-refractivity contribution in [1.29, 1.82) is 0 Å². The van der Waals surface area contributed by atoms with Gasteiger partial charge in [0.2, 0.25) is 0 Å². The summed E-state index contributed by atoms with van der Waals surface area (Å²) in [5, 5.41) is 2.23. The van der Waals surface area contributed by atoms with Crippen molar-refractivity contribution >= 4 is 28.6 Å². The van der Waals surface area contributed by atoms with Crippen molar-refractivity contribution in [2.45, 2.75) is 67.8 Å². The summed E-state index contributed by atoms with van der Waals surface area (Å²) in [5.41, 5.74) is 7.79. The van der Waals surface area contributed by atoms with Crippen LogP contribution in [0, 0.1) is 10.8 Å². The Hall–Kier alpha value is -5.13. The summed E-state index contributed by atoms with van der Waals surface area (Å²) in [4.78, 5) is 2.24. The van der Waals surface area contributed by atoms with Gasteiger partial charge in [-0.05, 0) is 112 Å². The van der Waals surface area contributed by atoms with E-state index in [9.17, 15) is 0 Å². The number of rotatable bonds is 7. The molecule has 9 rings (SSSR count). The van der Waals surface area contributed by atoms with Crippen LogP contribution in [0.4, 0.5) is 0 Å². The van der Waals surface area contributed by atoms with Crippen molar-refractivity contribution < 1.29 is 18.9 Å². The van der Waals surface area contributed by atoms with Gasteiger partial charge in [-0.3, -0.25) is 0 Å². The van der Waals surface area contributed by atoms with Gasteiger partial charge in [0.25, 0.3) is 0 Å². The molecular weight excluding hydrogens is 697 g/mol. The van der Waals surface area contributed by atoms with E-state index < -0.39 is 5.60 Å². The van der Waals surface area contributed by atoms with E-state index in [2.05, 4.69) is 131 Å². The first kappa shape index (κ1) is 35.6. The maximum Gasteiger partial charge on any atom is 0.178 e. The van der Waals surface area contributed by atoms with Gasteiger partial charge in [0.1, 0.15) is 23.0 Å². The Morgan fingerprint density at radius 1 is 0.618 bits per heavy atom. The Labute approximate surface area is 329 Å². The number of ether oxygens (including phenoxy) is 4. The van der Waals surface area contributed by atoms with Crippen molar-refractivity contribution in [3.63, 3.8) is 0 Å². The van der Waals surface area contributed by atoms with Crippen molar-refractivity contribution in [2.75, 3.05) is 21.3 Å². The Kier molecular flexibility index (Phi) is 8.40. The maximum atomic E-state index is 7.74. The molecule has 1 spiro atoms. The zero-order chi connectivity index (χ0) is 38.2. The SMILES string of the molecule is COc1ccc(C2(c3ccc(OC)cc3)C=Cc3c4c(c5cc(Sc6ccccc6)c(OC)cc5c3O2)-c2ccccc2C42CC(C)(C)CC(C)(C)C2)cc1. The first-order valence-electron chi connectivity index (χ1n) is 19.2. The average molecular weight is 745 g/mol. The van der Waals surface area contributed by atoms with E-state index in [0.717, 1.165) is 62.8 Å². The molecular formula is C50H48O4S. The molecule has 1 heterocycles. The van der Waals surface area contributed by atoms with Crippen molar-refractivity contribution in [3.05, 3.63) is 149 Å². The lowest BCUT2D eigenvalue weighted by Crippen LogP contribution is -2.44. The number of hydrogen-bond acceptors (Lipinski definition) is 5. The van der Waals surface area contributed by atoms with Crippen molar-refractivity contribution in [2.24, 2.45) is 10.8 Å². The summed E-state index contributed by atoms with van der Waals surface area (Å²) in [5.74, 6) is 3.30. The van der Waals surface area contributed by atoms with Gasteiger partial charge in [-0.2, -0.15) is 0 Å². The second kappa shape index (κ2) is 13.0. The summed E-state index contributed by atoms with van der Waals surface area (Å²) < 4.78 is 25.2. The predicted octanol–water partition coefficient (Wildman–Crippen LogP) is 12.9. The molecule has 1 fully saturated rings. The van der Waals surface area contributed by atoms with E-state index in [0.29, 0.717) is 0 Å².